The Labute approximate surface area is 118 Å². The number of ether oxygens (including phenoxy) is 1. The summed E-state index contributed by atoms with van der Waals surface area (Å²) in [6.07, 6.45) is 7.04. The molecule has 4 atom stereocenters. The average molecular weight is 267 g/mol. The molecule has 0 aromatic carbocycles. The summed E-state index contributed by atoms with van der Waals surface area (Å²) >= 11 is 0. The smallest absolute Gasteiger partial charge is 0.125 e. The number of hydrogen-bond donors (Lipinski definition) is 1. The van der Waals surface area contributed by atoms with Crippen molar-refractivity contribution in [1.29, 1.82) is 0 Å². The second-order valence-electron chi connectivity index (χ2n) is 6.36. The maximum absolute atomic E-state index is 10.1. The zero-order chi connectivity index (χ0) is 14.5. The van der Waals surface area contributed by atoms with Gasteiger partial charge >= 0.3 is 0 Å². The molecule has 0 aliphatic carbocycles. The molecule has 0 aromatic heterocycles. The van der Waals surface area contributed by atoms with E-state index in [-0.39, 0.29) is 0 Å². The predicted octanol–water partition coefficient (Wildman–Crippen LogP) is 2.14. The van der Waals surface area contributed by atoms with Crippen molar-refractivity contribution in [2.24, 2.45) is 11.8 Å². The van der Waals surface area contributed by atoms with Crippen molar-refractivity contribution in [2.45, 2.75) is 52.2 Å². The minimum absolute atomic E-state index is 0.313. The average Bonchev–Trinajstić information content (AvgIpc) is 2.35. The Balaban J connectivity index is 2.35. The van der Waals surface area contributed by atoms with Gasteiger partial charge in [-0.1, -0.05) is 26.7 Å². The number of β-amino-alcohol motifs (C(OH)–C–C–N with tert-alkyl or cyclic N) is 1. The third-order valence-electron chi connectivity index (χ3n) is 3.99. The third kappa shape index (κ3) is 5.52. The highest BCUT2D eigenvalue weighted by molar-refractivity contribution is 5.05. The van der Waals surface area contributed by atoms with Crippen LogP contribution in [0.4, 0.5) is 0 Å². The van der Waals surface area contributed by atoms with E-state index >= 15 is 0 Å². The van der Waals surface area contributed by atoms with Crippen molar-refractivity contribution in [2.75, 3.05) is 26.2 Å². The lowest BCUT2D eigenvalue weighted by atomic mass is 9.92. The van der Waals surface area contributed by atoms with Crippen molar-refractivity contribution < 1.29 is 9.84 Å². The molecule has 3 nitrogen and oxygen atoms in total. The van der Waals surface area contributed by atoms with Crippen molar-refractivity contribution in [3.05, 3.63) is 0 Å². The van der Waals surface area contributed by atoms with E-state index in [1.165, 1.54) is 6.42 Å². The number of aliphatic hydroxyl groups is 1. The van der Waals surface area contributed by atoms with Gasteiger partial charge in [0, 0.05) is 19.6 Å². The second kappa shape index (κ2) is 7.28. The molecule has 0 unspecified atom stereocenters. The zero-order valence-corrected chi connectivity index (χ0v) is 12.9. The van der Waals surface area contributed by atoms with Crippen molar-refractivity contribution in [3.8, 4) is 12.3 Å². The van der Waals surface area contributed by atoms with Crippen LogP contribution in [0.5, 0.6) is 0 Å². The van der Waals surface area contributed by atoms with Gasteiger partial charge in [0.15, 0.2) is 0 Å². The highest BCUT2D eigenvalue weighted by Crippen LogP contribution is 2.21. The predicted molar refractivity (Wildman–Crippen MR) is 78.9 cm³/mol. The second-order valence-corrected chi connectivity index (χ2v) is 6.36. The van der Waals surface area contributed by atoms with Gasteiger partial charge in [-0.05, 0) is 31.6 Å². The van der Waals surface area contributed by atoms with Gasteiger partial charge in [-0.3, -0.25) is 0 Å². The highest BCUT2D eigenvalue weighted by Gasteiger charge is 2.25. The molecule has 110 valence electrons. The van der Waals surface area contributed by atoms with E-state index in [2.05, 4.69) is 24.7 Å². The monoisotopic (exact) mass is 267 g/mol. The molecule has 1 saturated heterocycles. The third-order valence-corrected chi connectivity index (χ3v) is 3.99. The number of likely N-dealkylation sites (tertiary alicyclic amines) is 1. The minimum atomic E-state index is -0.552. The lowest BCUT2D eigenvalue weighted by Crippen LogP contribution is -2.44. The van der Waals surface area contributed by atoms with Crippen molar-refractivity contribution >= 4 is 0 Å². The van der Waals surface area contributed by atoms with Crippen LogP contribution in [0.15, 0.2) is 0 Å². The van der Waals surface area contributed by atoms with Gasteiger partial charge in [0.2, 0.25) is 0 Å². The summed E-state index contributed by atoms with van der Waals surface area (Å²) in [4.78, 5) is 2.34. The molecule has 0 bridgehead atoms. The summed E-state index contributed by atoms with van der Waals surface area (Å²) < 4.78 is 5.67. The summed E-state index contributed by atoms with van der Waals surface area (Å²) in [5, 5.41) is 10.1. The number of terminal acetylenes is 1. The van der Waals surface area contributed by atoms with Gasteiger partial charge in [0.1, 0.15) is 5.60 Å². The van der Waals surface area contributed by atoms with E-state index in [4.69, 9.17) is 11.2 Å². The Morgan fingerprint density at radius 2 is 2.00 bits per heavy atom. The van der Waals surface area contributed by atoms with Crippen LogP contribution >= 0.6 is 0 Å². The fourth-order valence-electron chi connectivity index (χ4n) is 2.82. The van der Waals surface area contributed by atoms with Crippen LogP contribution in [-0.2, 0) is 4.74 Å². The summed E-state index contributed by atoms with van der Waals surface area (Å²) in [5.74, 6) is 4.08. The molecular weight excluding hydrogens is 238 g/mol. The maximum Gasteiger partial charge on any atom is 0.125 e. The van der Waals surface area contributed by atoms with E-state index in [0.29, 0.717) is 25.0 Å². The van der Waals surface area contributed by atoms with Gasteiger partial charge in [-0.2, -0.15) is 0 Å². The molecule has 0 amide bonds. The largest absolute Gasteiger partial charge is 0.389 e. The first-order valence-electron chi connectivity index (χ1n) is 7.40. The topological polar surface area (TPSA) is 32.7 Å². The first kappa shape index (κ1) is 16.5. The molecule has 0 spiro atoms. The SMILES string of the molecule is C#C[C@](C)(CC)OC[C@H](O)CN1C[C@H](C)C[C@H](C)C1. The Morgan fingerprint density at radius 1 is 1.42 bits per heavy atom. The quantitative estimate of drug-likeness (QED) is 0.749. The normalized spacial score (nSPS) is 29.5. The number of nitrogens with zero attached hydrogens (tertiary/aromatic N) is 1. The Kier molecular flexibility index (Phi) is 6.32. The zero-order valence-electron chi connectivity index (χ0n) is 12.9. The summed E-state index contributed by atoms with van der Waals surface area (Å²) in [6, 6.07) is 0. The lowest BCUT2D eigenvalue weighted by Gasteiger charge is -2.36. The molecule has 0 aromatic rings. The van der Waals surface area contributed by atoms with Crippen LogP contribution in [0.2, 0.25) is 0 Å². The fourth-order valence-corrected chi connectivity index (χ4v) is 2.82. The van der Waals surface area contributed by atoms with Crippen LogP contribution in [0.3, 0.4) is 0 Å². The van der Waals surface area contributed by atoms with Gasteiger partial charge in [-0.25, -0.2) is 0 Å². The molecule has 1 aliphatic rings. The van der Waals surface area contributed by atoms with Crippen LogP contribution < -0.4 is 0 Å². The molecule has 3 heteroatoms. The molecule has 0 saturated carbocycles. The Morgan fingerprint density at radius 3 is 2.47 bits per heavy atom. The van der Waals surface area contributed by atoms with Crippen LogP contribution in [0.25, 0.3) is 0 Å². The van der Waals surface area contributed by atoms with E-state index in [1.807, 2.05) is 13.8 Å². The number of rotatable bonds is 6. The van der Waals surface area contributed by atoms with Gasteiger partial charge in [-0.15, -0.1) is 6.42 Å². The molecule has 1 aliphatic heterocycles. The first-order valence-corrected chi connectivity index (χ1v) is 7.40. The molecule has 1 heterocycles. The van der Waals surface area contributed by atoms with Crippen LogP contribution in [0.1, 0.15) is 40.5 Å². The number of hydrogen-bond acceptors (Lipinski definition) is 3. The standard InChI is InChI=1S/C16H29NO2/c1-6-16(5,7-2)19-12-15(18)11-17-9-13(3)8-14(4)10-17/h1,13-15,18H,7-12H2,2-5H3/t13-,14+,15-,16-/m1/s1. The molecule has 1 fully saturated rings. The van der Waals surface area contributed by atoms with E-state index < -0.39 is 11.7 Å². The van der Waals surface area contributed by atoms with Crippen molar-refractivity contribution in [3.63, 3.8) is 0 Å². The summed E-state index contributed by atoms with van der Waals surface area (Å²) in [5.41, 5.74) is -0.552. The highest BCUT2D eigenvalue weighted by atomic mass is 16.5. The Hall–Kier alpha value is -0.560. The van der Waals surface area contributed by atoms with E-state index in [0.717, 1.165) is 19.5 Å². The molecule has 1 N–H and O–H groups in total. The molecule has 0 radical (unpaired) electrons. The first-order chi connectivity index (χ1) is 8.88. The fraction of sp³-hybridized carbons (Fsp3) is 0.875. The van der Waals surface area contributed by atoms with Crippen molar-refractivity contribution in [1.82, 2.24) is 4.90 Å². The summed E-state index contributed by atoms with van der Waals surface area (Å²) in [6.45, 7) is 11.6. The van der Waals surface area contributed by atoms with Gasteiger partial charge < -0.3 is 14.7 Å². The van der Waals surface area contributed by atoms with Gasteiger partial charge in [0.25, 0.3) is 0 Å². The van der Waals surface area contributed by atoms with E-state index in [9.17, 15) is 5.11 Å². The lowest BCUT2D eigenvalue weighted by molar-refractivity contribution is -0.0511. The van der Waals surface area contributed by atoms with E-state index in [1.54, 1.807) is 0 Å². The molecular formula is C16H29NO2. The Bertz CT molecular complexity index is 302. The maximum atomic E-state index is 10.1. The van der Waals surface area contributed by atoms with Gasteiger partial charge in [0.05, 0.1) is 12.7 Å². The number of piperidine rings is 1. The number of aliphatic hydroxyl groups excluding tert-OH is 1. The molecule has 19 heavy (non-hydrogen) atoms. The van der Waals surface area contributed by atoms with Crippen LogP contribution in [0, 0.1) is 24.2 Å². The summed E-state index contributed by atoms with van der Waals surface area (Å²) in [7, 11) is 0. The molecule has 1 rings (SSSR count). The minimum Gasteiger partial charge on any atom is -0.389 e. The van der Waals surface area contributed by atoms with Crippen LogP contribution in [-0.4, -0.2) is 48.0 Å².